The van der Waals surface area contributed by atoms with E-state index >= 15 is 0 Å². The third kappa shape index (κ3) is 5.13. The van der Waals surface area contributed by atoms with Gasteiger partial charge in [-0.2, -0.15) is 0 Å². The van der Waals surface area contributed by atoms with E-state index in [1.807, 2.05) is 13.8 Å². The monoisotopic (exact) mass is 312 g/mol. The standard InChI is InChI=1S/C15H24N2O3S/c1-11(2)10-17(5)15(18)13-6-8-14(9-7-13)21(19,20)16-12(3)4/h6-9,11-12,16H,10H2,1-5H3. The highest BCUT2D eigenvalue weighted by Crippen LogP contribution is 2.13. The number of amides is 1. The molecule has 1 aromatic rings. The molecule has 0 atom stereocenters. The second kappa shape index (κ2) is 7.04. The second-order valence-electron chi connectivity index (χ2n) is 5.88. The molecular formula is C15H24N2O3S. The lowest BCUT2D eigenvalue weighted by molar-refractivity contribution is 0.0779. The molecule has 0 aliphatic carbocycles. The fraction of sp³-hybridized carbons (Fsp3) is 0.533. The van der Waals surface area contributed by atoms with E-state index in [-0.39, 0.29) is 16.8 Å². The van der Waals surface area contributed by atoms with E-state index in [1.165, 1.54) is 12.1 Å². The minimum Gasteiger partial charge on any atom is -0.341 e. The van der Waals surface area contributed by atoms with Crippen molar-refractivity contribution in [2.75, 3.05) is 13.6 Å². The van der Waals surface area contributed by atoms with Crippen molar-refractivity contribution in [3.05, 3.63) is 29.8 Å². The summed E-state index contributed by atoms with van der Waals surface area (Å²) < 4.78 is 26.5. The highest BCUT2D eigenvalue weighted by molar-refractivity contribution is 7.89. The largest absolute Gasteiger partial charge is 0.341 e. The van der Waals surface area contributed by atoms with E-state index < -0.39 is 10.0 Å². The Morgan fingerprint density at radius 2 is 1.67 bits per heavy atom. The highest BCUT2D eigenvalue weighted by atomic mass is 32.2. The zero-order chi connectivity index (χ0) is 16.2. The maximum Gasteiger partial charge on any atom is 0.253 e. The van der Waals surface area contributed by atoms with Crippen molar-refractivity contribution in [1.82, 2.24) is 9.62 Å². The van der Waals surface area contributed by atoms with Gasteiger partial charge in [0.2, 0.25) is 10.0 Å². The van der Waals surface area contributed by atoms with Crippen molar-refractivity contribution in [1.29, 1.82) is 0 Å². The number of sulfonamides is 1. The smallest absolute Gasteiger partial charge is 0.253 e. The molecule has 0 aliphatic rings. The van der Waals surface area contributed by atoms with Gasteiger partial charge in [0.05, 0.1) is 4.90 Å². The number of carbonyl (C=O) groups is 1. The van der Waals surface area contributed by atoms with E-state index in [1.54, 1.807) is 37.9 Å². The number of hydrogen-bond acceptors (Lipinski definition) is 3. The van der Waals surface area contributed by atoms with Crippen LogP contribution in [0, 0.1) is 5.92 Å². The van der Waals surface area contributed by atoms with Crippen LogP contribution in [0.15, 0.2) is 29.2 Å². The van der Waals surface area contributed by atoms with Crippen LogP contribution in [0.1, 0.15) is 38.1 Å². The molecule has 0 unspecified atom stereocenters. The Morgan fingerprint density at radius 1 is 1.14 bits per heavy atom. The first-order valence-corrected chi connectivity index (χ1v) is 8.49. The summed E-state index contributed by atoms with van der Waals surface area (Å²) in [5.74, 6) is 0.276. The summed E-state index contributed by atoms with van der Waals surface area (Å²) in [4.78, 5) is 14.0. The molecule has 1 N–H and O–H groups in total. The summed E-state index contributed by atoms with van der Waals surface area (Å²) in [7, 11) is -1.77. The first-order valence-electron chi connectivity index (χ1n) is 7.01. The van der Waals surface area contributed by atoms with Crippen LogP contribution in [0.2, 0.25) is 0 Å². The van der Waals surface area contributed by atoms with Crippen LogP contribution >= 0.6 is 0 Å². The quantitative estimate of drug-likeness (QED) is 0.875. The summed E-state index contributed by atoms with van der Waals surface area (Å²) in [5.41, 5.74) is 0.488. The molecule has 5 nitrogen and oxygen atoms in total. The lowest BCUT2D eigenvalue weighted by Crippen LogP contribution is -2.31. The molecule has 1 amide bonds. The second-order valence-corrected chi connectivity index (χ2v) is 7.59. The lowest BCUT2D eigenvalue weighted by atomic mass is 10.1. The maximum atomic E-state index is 12.2. The Balaban J connectivity index is 2.90. The van der Waals surface area contributed by atoms with E-state index in [4.69, 9.17) is 0 Å². The van der Waals surface area contributed by atoms with Crippen LogP contribution in [-0.2, 0) is 10.0 Å². The van der Waals surface area contributed by atoms with Crippen molar-refractivity contribution < 1.29 is 13.2 Å². The number of benzene rings is 1. The van der Waals surface area contributed by atoms with E-state index in [0.29, 0.717) is 18.0 Å². The van der Waals surface area contributed by atoms with Crippen molar-refractivity contribution >= 4 is 15.9 Å². The fourth-order valence-electron chi connectivity index (χ4n) is 2.01. The van der Waals surface area contributed by atoms with Gasteiger partial charge in [-0.15, -0.1) is 0 Å². The van der Waals surface area contributed by atoms with Gasteiger partial charge in [-0.25, -0.2) is 13.1 Å². The van der Waals surface area contributed by atoms with Crippen LogP contribution in [0.25, 0.3) is 0 Å². The van der Waals surface area contributed by atoms with Crippen molar-refractivity contribution in [3.8, 4) is 0 Å². The molecule has 1 rings (SSSR count). The molecule has 0 aliphatic heterocycles. The summed E-state index contributed by atoms with van der Waals surface area (Å²) in [6.07, 6.45) is 0. The van der Waals surface area contributed by atoms with Gasteiger partial charge in [0, 0.05) is 25.2 Å². The molecule has 0 aromatic heterocycles. The van der Waals surface area contributed by atoms with E-state index in [2.05, 4.69) is 4.72 Å². The molecule has 0 radical (unpaired) electrons. The van der Waals surface area contributed by atoms with Gasteiger partial charge < -0.3 is 4.90 Å². The van der Waals surface area contributed by atoms with Crippen LogP contribution in [-0.4, -0.2) is 38.9 Å². The molecule has 0 heterocycles. The average Bonchev–Trinajstić information content (AvgIpc) is 2.35. The Hall–Kier alpha value is -1.40. The molecule has 118 valence electrons. The number of nitrogens with one attached hydrogen (secondary N) is 1. The first kappa shape index (κ1) is 17.7. The van der Waals surface area contributed by atoms with Crippen LogP contribution in [0.5, 0.6) is 0 Å². The zero-order valence-corrected chi connectivity index (χ0v) is 14.1. The van der Waals surface area contributed by atoms with Crippen LogP contribution in [0.4, 0.5) is 0 Å². The third-order valence-electron chi connectivity index (χ3n) is 2.79. The van der Waals surface area contributed by atoms with Crippen LogP contribution < -0.4 is 4.72 Å². The van der Waals surface area contributed by atoms with Gasteiger partial charge in [-0.1, -0.05) is 13.8 Å². The normalized spacial score (nSPS) is 12.0. The first-order chi connectivity index (χ1) is 9.63. The zero-order valence-electron chi connectivity index (χ0n) is 13.3. The van der Waals surface area contributed by atoms with Crippen molar-refractivity contribution in [2.45, 2.75) is 38.6 Å². The van der Waals surface area contributed by atoms with Crippen molar-refractivity contribution in [2.24, 2.45) is 5.92 Å². The van der Waals surface area contributed by atoms with Gasteiger partial charge in [0.1, 0.15) is 0 Å². The van der Waals surface area contributed by atoms with Crippen LogP contribution in [0.3, 0.4) is 0 Å². The number of carbonyl (C=O) groups excluding carboxylic acids is 1. The van der Waals surface area contributed by atoms with Gasteiger partial charge in [0.25, 0.3) is 5.91 Å². The van der Waals surface area contributed by atoms with E-state index in [9.17, 15) is 13.2 Å². The Labute approximate surface area is 127 Å². The number of hydrogen-bond donors (Lipinski definition) is 1. The Bertz CT molecular complexity index is 577. The van der Waals surface area contributed by atoms with Gasteiger partial charge in [0.15, 0.2) is 0 Å². The topological polar surface area (TPSA) is 66.5 Å². The van der Waals surface area contributed by atoms with Gasteiger partial charge in [-0.05, 0) is 44.0 Å². The maximum absolute atomic E-state index is 12.2. The lowest BCUT2D eigenvalue weighted by Gasteiger charge is -2.19. The average molecular weight is 312 g/mol. The molecule has 1 aromatic carbocycles. The predicted molar refractivity (Wildman–Crippen MR) is 83.7 cm³/mol. The Morgan fingerprint density at radius 3 is 2.10 bits per heavy atom. The fourth-order valence-corrected chi connectivity index (χ4v) is 3.26. The minimum atomic E-state index is -3.52. The molecule has 0 bridgehead atoms. The van der Waals surface area contributed by atoms with Crippen molar-refractivity contribution in [3.63, 3.8) is 0 Å². The summed E-state index contributed by atoms with van der Waals surface area (Å²) >= 11 is 0. The van der Waals surface area contributed by atoms with E-state index in [0.717, 1.165) is 0 Å². The number of rotatable bonds is 6. The van der Waals surface area contributed by atoms with Gasteiger partial charge >= 0.3 is 0 Å². The minimum absolute atomic E-state index is 0.107. The highest BCUT2D eigenvalue weighted by Gasteiger charge is 2.17. The Kier molecular flexibility index (Phi) is 5.92. The van der Waals surface area contributed by atoms with Gasteiger partial charge in [-0.3, -0.25) is 4.79 Å². The predicted octanol–water partition coefficient (Wildman–Crippen LogP) is 2.10. The third-order valence-corrected chi connectivity index (χ3v) is 4.46. The molecule has 0 saturated carbocycles. The molecule has 6 heteroatoms. The molecular weight excluding hydrogens is 288 g/mol. The summed E-state index contributed by atoms with van der Waals surface area (Å²) in [6, 6.07) is 5.85. The SMILES string of the molecule is CC(C)CN(C)C(=O)c1ccc(S(=O)(=O)NC(C)C)cc1. The summed E-state index contributed by atoms with van der Waals surface area (Å²) in [6.45, 7) is 8.26. The molecule has 0 spiro atoms. The summed E-state index contributed by atoms with van der Waals surface area (Å²) in [5, 5.41) is 0. The molecule has 0 saturated heterocycles. The molecule has 21 heavy (non-hydrogen) atoms. The molecule has 0 fully saturated rings. The number of nitrogens with zero attached hydrogens (tertiary/aromatic N) is 1.